The second-order valence-electron chi connectivity index (χ2n) is 6.80. The SMILES string of the molecule is COc1cc(CNCCc2ccccc2)cc(Cl)c1OCc1cccc(C)c1. The molecule has 0 aliphatic carbocycles. The maximum absolute atomic E-state index is 6.49. The van der Waals surface area contributed by atoms with Crippen LogP contribution in [0.1, 0.15) is 22.3 Å². The Kier molecular flexibility index (Phi) is 7.35. The number of methoxy groups -OCH3 is 1. The molecule has 146 valence electrons. The van der Waals surface area contributed by atoms with Crippen LogP contribution in [0.3, 0.4) is 0 Å². The van der Waals surface area contributed by atoms with Crippen LogP contribution in [0.15, 0.2) is 66.7 Å². The number of rotatable bonds is 9. The van der Waals surface area contributed by atoms with Gasteiger partial charge >= 0.3 is 0 Å². The lowest BCUT2D eigenvalue weighted by Gasteiger charge is -2.15. The molecule has 3 aromatic carbocycles. The zero-order valence-corrected chi connectivity index (χ0v) is 17.1. The Hall–Kier alpha value is -2.49. The number of hydrogen-bond donors (Lipinski definition) is 1. The molecule has 0 amide bonds. The maximum Gasteiger partial charge on any atom is 0.180 e. The van der Waals surface area contributed by atoms with Gasteiger partial charge in [-0.2, -0.15) is 0 Å². The topological polar surface area (TPSA) is 30.5 Å². The van der Waals surface area contributed by atoms with Crippen LogP contribution in [0.4, 0.5) is 0 Å². The molecule has 0 saturated heterocycles. The molecule has 0 aliphatic rings. The highest BCUT2D eigenvalue weighted by Crippen LogP contribution is 2.37. The molecule has 3 rings (SSSR count). The minimum atomic E-state index is 0.451. The predicted octanol–water partition coefficient (Wildman–Crippen LogP) is 5.57. The average molecular weight is 396 g/mol. The van der Waals surface area contributed by atoms with E-state index in [0.717, 1.165) is 30.6 Å². The van der Waals surface area contributed by atoms with Gasteiger partial charge in [0.15, 0.2) is 11.5 Å². The average Bonchev–Trinajstić information content (AvgIpc) is 2.71. The van der Waals surface area contributed by atoms with Gasteiger partial charge in [0.25, 0.3) is 0 Å². The summed E-state index contributed by atoms with van der Waals surface area (Å²) in [6.45, 7) is 4.14. The lowest BCUT2D eigenvalue weighted by atomic mass is 10.1. The fourth-order valence-electron chi connectivity index (χ4n) is 3.08. The van der Waals surface area contributed by atoms with Gasteiger partial charge in [-0.25, -0.2) is 0 Å². The Morgan fingerprint density at radius 2 is 1.68 bits per heavy atom. The molecule has 0 saturated carbocycles. The lowest BCUT2D eigenvalue weighted by Crippen LogP contribution is -2.16. The van der Waals surface area contributed by atoms with Gasteiger partial charge in [-0.3, -0.25) is 0 Å². The zero-order chi connectivity index (χ0) is 19.8. The molecular weight excluding hydrogens is 370 g/mol. The molecule has 3 aromatic rings. The smallest absolute Gasteiger partial charge is 0.180 e. The number of hydrogen-bond acceptors (Lipinski definition) is 3. The van der Waals surface area contributed by atoms with Gasteiger partial charge in [0.2, 0.25) is 0 Å². The first-order valence-corrected chi connectivity index (χ1v) is 9.83. The molecule has 0 aromatic heterocycles. The second kappa shape index (κ2) is 10.2. The van der Waals surface area contributed by atoms with E-state index in [1.54, 1.807) is 7.11 Å². The minimum absolute atomic E-state index is 0.451. The molecule has 0 spiro atoms. The Morgan fingerprint density at radius 1 is 0.893 bits per heavy atom. The summed E-state index contributed by atoms with van der Waals surface area (Å²) in [4.78, 5) is 0. The van der Waals surface area contributed by atoms with Crippen molar-refractivity contribution < 1.29 is 9.47 Å². The number of benzene rings is 3. The summed E-state index contributed by atoms with van der Waals surface area (Å²) in [5, 5.41) is 4.02. The van der Waals surface area contributed by atoms with Crippen LogP contribution in [-0.2, 0) is 19.6 Å². The number of halogens is 1. The summed E-state index contributed by atoms with van der Waals surface area (Å²) < 4.78 is 11.5. The third kappa shape index (κ3) is 5.75. The highest BCUT2D eigenvalue weighted by Gasteiger charge is 2.12. The van der Waals surface area contributed by atoms with Crippen molar-refractivity contribution in [1.29, 1.82) is 0 Å². The third-order valence-corrected chi connectivity index (χ3v) is 4.80. The Balaban J connectivity index is 1.59. The Labute approximate surface area is 172 Å². The van der Waals surface area contributed by atoms with E-state index in [2.05, 4.69) is 48.6 Å². The molecule has 0 bridgehead atoms. The predicted molar refractivity (Wildman–Crippen MR) is 115 cm³/mol. The van der Waals surface area contributed by atoms with E-state index in [4.69, 9.17) is 21.1 Å². The summed E-state index contributed by atoms with van der Waals surface area (Å²) >= 11 is 6.49. The van der Waals surface area contributed by atoms with Crippen molar-refractivity contribution in [2.24, 2.45) is 0 Å². The largest absolute Gasteiger partial charge is 0.493 e. The van der Waals surface area contributed by atoms with Crippen molar-refractivity contribution >= 4 is 11.6 Å². The number of ether oxygens (including phenoxy) is 2. The van der Waals surface area contributed by atoms with E-state index in [1.165, 1.54) is 11.1 Å². The minimum Gasteiger partial charge on any atom is -0.493 e. The van der Waals surface area contributed by atoms with Crippen LogP contribution in [0, 0.1) is 6.92 Å². The summed E-state index contributed by atoms with van der Waals surface area (Å²) in [6.07, 6.45) is 0.989. The van der Waals surface area contributed by atoms with Gasteiger partial charge in [0.05, 0.1) is 12.1 Å². The van der Waals surface area contributed by atoms with Gasteiger partial charge in [-0.15, -0.1) is 0 Å². The summed E-state index contributed by atoms with van der Waals surface area (Å²) in [7, 11) is 1.64. The van der Waals surface area contributed by atoms with Crippen molar-refractivity contribution in [3.05, 3.63) is 94.0 Å². The van der Waals surface area contributed by atoms with Crippen LogP contribution < -0.4 is 14.8 Å². The van der Waals surface area contributed by atoms with Crippen LogP contribution in [0.5, 0.6) is 11.5 Å². The van der Waals surface area contributed by atoms with Crippen molar-refractivity contribution in [3.8, 4) is 11.5 Å². The molecule has 1 N–H and O–H groups in total. The first kappa shape index (κ1) is 20.2. The molecule has 0 atom stereocenters. The molecule has 28 heavy (non-hydrogen) atoms. The van der Waals surface area contributed by atoms with Crippen LogP contribution in [-0.4, -0.2) is 13.7 Å². The highest BCUT2D eigenvalue weighted by molar-refractivity contribution is 6.32. The molecule has 4 heteroatoms. The van der Waals surface area contributed by atoms with Gasteiger partial charge in [-0.05, 0) is 48.7 Å². The Morgan fingerprint density at radius 3 is 2.43 bits per heavy atom. The normalized spacial score (nSPS) is 10.7. The van der Waals surface area contributed by atoms with Crippen molar-refractivity contribution in [2.45, 2.75) is 26.5 Å². The molecule has 0 fully saturated rings. The van der Waals surface area contributed by atoms with Gasteiger partial charge in [0.1, 0.15) is 6.61 Å². The fourth-order valence-corrected chi connectivity index (χ4v) is 3.37. The van der Waals surface area contributed by atoms with E-state index in [-0.39, 0.29) is 0 Å². The third-order valence-electron chi connectivity index (χ3n) is 4.52. The van der Waals surface area contributed by atoms with E-state index in [9.17, 15) is 0 Å². The summed E-state index contributed by atoms with van der Waals surface area (Å²) in [5.74, 6) is 1.23. The van der Waals surface area contributed by atoms with E-state index in [0.29, 0.717) is 23.1 Å². The molecule has 0 radical (unpaired) electrons. The second-order valence-corrected chi connectivity index (χ2v) is 7.21. The monoisotopic (exact) mass is 395 g/mol. The van der Waals surface area contributed by atoms with Gasteiger partial charge in [-0.1, -0.05) is 71.8 Å². The van der Waals surface area contributed by atoms with Crippen LogP contribution in [0.2, 0.25) is 5.02 Å². The number of nitrogens with one attached hydrogen (secondary N) is 1. The molecule has 3 nitrogen and oxygen atoms in total. The number of aryl methyl sites for hydroxylation is 1. The van der Waals surface area contributed by atoms with Crippen molar-refractivity contribution in [2.75, 3.05) is 13.7 Å². The standard InChI is InChI=1S/C24H26ClNO2/c1-18-7-6-10-20(13-18)17-28-24-22(25)14-21(15-23(24)27-2)16-26-12-11-19-8-4-3-5-9-19/h3-10,13-15,26H,11-12,16-17H2,1-2H3. The fraction of sp³-hybridized carbons (Fsp3) is 0.250. The molecular formula is C24H26ClNO2. The van der Waals surface area contributed by atoms with Gasteiger partial charge in [0, 0.05) is 6.54 Å². The zero-order valence-electron chi connectivity index (χ0n) is 16.4. The molecule has 0 unspecified atom stereocenters. The van der Waals surface area contributed by atoms with Crippen molar-refractivity contribution in [3.63, 3.8) is 0 Å². The van der Waals surface area contributed by atoms with E-state index in [1.807, 2.05) is 30.3 Å². The molecule has 0 aliphatic heterocycles. The first-order valence-electron chi connectivity index (χ1n) is 9.45. The highest BCUT2D eigenvalue weighted by atomic mass is 35.5. The van der Waals surface area contributed by atoms with E-state index >= 15 is 0 Å². The van der Waals surface area contributed by atoms with Crippen LogP contribution in [0.25, 0.3) is 0 Å². The Bertz CT molecular complexity index is 896. The van der Waals surface area contributed by atoms with Crippen LogP contribution >= 0.6 is 11.6 Å². The summed E-state index contributed by atoms with van der Waals surface area (Å²) in [6, 6.07) is 22.6. The first-order chi connectivity index (χ1) is 13.7. The van der Waals surface area contributed by atoms with E-state index < -0.39 is 0 Å². The van der Waals surface area contributed by atoms with Crippen molar-refractivity contribution in [1.82, 2.24) is 5.32 Å². The van der Waals surface area contributed by atoms with Gasteiger partial charge < -0.3 is 14.8 Å². The molecule has 0 heterocycles. The lowest BCUT2D eigenvalue weighted by molar-refractivity contribution is 0.284. The summed E-state index contributed by atoms with van der Waals surface area (Å²) in [5.41, 5.74) is 4.70. The quantitative estimate of drug-likeness (QED) is 0.480. The maximum atomic E-state index is 6.49.